The highest BCUT2D eigenvalue weighted by atomic mass is 32.2. The number of aromatic nitrogens is 3. The summed E-state index contributed by atoms with van der Waals surface area (Å²) in [6, 6.07) is 13.3. The first-order valence-electron chi connectivity index (χ1n) is 14.7. The fourth-order valence-electron chi connectivity index (χ4n) is 5.31. The maximum absolute atomic E-state index is 13.7. The normalized spacial score (nSPS) is 14.5. The molecule has 2 aromatic carbocycles. The summed E-state index contributed by atoms with van der Waals surface area (Å²) in [4.78, 5) is 34.8. The summed E-state index contributed by atoms with van der Waals surface area (Å²) in [6.07, 6.45) is 2.78. The number of hydrogen-bond donors (Lipinski definition) is 1. The molecule has 0 amide bonds. The van der Waals surface area contributed by atoms with E-state index in [1.165, 1.54) is 16.4 Å². The van der Waals surface area contributed by atoms with Crippen LogP contribution in [0.5, 0.6) is 11.5 Å². The van der Waals surface area contributed by atoms with Gasteiger partial charge in [0.25, 0.3) is 5.56 Å². The van der Waals surface area contributed by atoms with Crippen molar-refractivity contribution in [3.8, 4) is 22.9 Å². The highest BCUT2D eigenvalue weighted by Gasteiger charge is 2.30. The number of fused-ring (bicyclic) bond motifs is 1. The number of nitrogens with zero attached hydrogens (tertiary/aromatic N) is 4. The molecule has 0 bridgehead atoms. The van der Waals surface area contributed by atoms with Crippen LogP contribution in [0, 0.1) is 0 Å². The Morgan fingerprint density at radius 1 is 1.05 bits per heavy atom. The molecule has 1 aliphatic rings. The lowest BCUT2D eigenvalue weighted by Crippen LogP contribution is -2.49. The Hall–Kier alpha value is -4.20. The van der Waals surface area contributed by atoms with E-state index in [4.69, 9.17) is 19.2 Å². The molecular weight excluding hydrogens is 586 g/mol. The summed E-state index contributed by atoms with van der Waals surface area (Å²) in [5.74, 6) is 1.08. The van der Waals surface area contributed by atoms with Gasteiger partial charge in [0, 0.05) is 46.0 Å². The fraction of sp³-hybridized carbons (Fsp3) is 0.387. The molecule has 5 rings (SSSR count). The van der Waals surface area contributed by atoms with Crippen LogP contribution >= 0.6 is 0 Å². The maximum Gasteiger partial charge on any atom is 0.513 e. The largest absolute Gasteiger partial charge is 0.513 e. The number of hydrogen-bond acceptors (Lipinski definition) is 9. The Morgan fingerprint density at radius 2 is 1.80 bits per heavy atom. The van der Waals surface area contributed by atoms with Gasteiger partial charge in [0.15, 0.2) is 0 Å². The Kier molecular flexibility index (Phi) is 9.67. The molecule has 0 unspecified atom stereocenters. The van der Waals surface area contributed by atoms with Gasteiger partial charge in [-0.25, -0.2) is 18.2 Å². The third-order valence-electron chi connectivity index (χ3n) is 7.47. The van der Waals surface area contributed by atoms with Gasteiger partial charge in [-0.1, -0.05) is 31.5 Å². The minimum Gasteiger partial charge on any atom is -0.493 e. The molecule has 0 spiro atoms. The van der Waals surface area contributed by atoms with Crippen molar-refractivity contribution in [2.45, 2.75) is 31.6 Å². The van der Waals surface area contributed by atoms with Crippen molar-refractivity contribution in [1.29, 1.82) is 0 Å². The van der Waals surface area contributed by atoms with Crippen LogP contribution in [-0.2, 0) is 28.2 Å². The van der Waals surface area contributed by atoms with Crippen LogP contribution in [0.1, 0.15) is 25.8 Å². The number of sulfonamides is 1. The van der Waals surface area contributed by atoms with E-state index in [1.54, 1.807) is 34.9 Å². The lowest BCUT2D eigenvalue weighted by molar-refractivity contribution is 0.0809. The highest BCUT2D eigenvalue weighted by Crippen LogP contribution is 2.32. The van der Waals surface area contributed by atoms with Gasteiger partial charge in [-0.05, 0) is 49.2 Å². The zero-order valence-corrected chi connectivity index (χ0v) is 25.9. The molecule has 44 heavy (non-hydrogen) atoms. The number of para-hydroxylation sites is 1. The number of aromatic amines is 1. The van der Waals surface area contributed by atoms with E-state index in [1.807, 2.05) is 31.1 Å². The number of piperazine rings is 1. The molecule has 234 valence electrons. The zero-order valence-electron chi connectivity index (χ0n) is 25.1. The topological polar surface area (TPSA) is 136 Å². The lowest BCUT2D eigenvalue weighted by Gasteiger charge is -2.33. The van der Waals surface area contributed by atoms with Gasteiger partial charge in [0.2, 0.25) is 10.0 Å². The molecule has 12 nitrogen and oxygen atoms in total. The fourth-order valence-corrected chi connectivity index (χ4v) is 6.76. The van der Waals surface area contributed by atoms with Crippen molar-refractivity contribution in [3.63, 3.8) is 0 Å². The van der Waals surface area contributed by atoms with Crippen molar-refractivity contribution < 1.29 is 27.4 Å². The molecular formula is C31H37N5O7S. The first-order valence-corrected chi connectivity index (χ1v) is 16.1. The van der Waals surface area contributed by atoms with Crippen LogP contribution in [0.15, 0.2) is 64.4 Å². The number of carbonyl (C=O) groups excluding carboxylic acids is 1. The van der Waals surface area contributed by atoms with Crippen molar-refractivity contribution >= 4 is 27.2 Å². The van der Waals surface area contributed by atoms with Gasteiger partial charge in [-0.2, -0.15) is 4.31 Å². The third-order valence-corrected chi connectivity index (χ3v) is 9.36. The quantitative estimate of drug-likeness (QED) is 0.195. The van der Waals surface area contributed by atoms with E-state index in [0.29, 0.717) is 54.3 Å². The molecule has 3 heterocycles. The second-order valence-electron chi connectivity index (χ2n) is 10.5. The van der Waals surface area contributed by atoms with Gasteiger partial charge in [0.05, 0.1) is 22.6 Å². The van der Waals surface area contributed by atoms with E-state index in [0.717, 1.165) is 18.4 Å². The van der Waals surface area contributed by atoms with E-state index in [2.05, 4.69) is 11.9 Å². The monoisotopic (exact) mass is 623 g/mol. The van der Waals surface area contributed by atoms with E-state index in [9.17, 15) is 18.0 Å². The molecule has 13 heteroatoms. The first kappa shape index (κ1) is 31.2. The number of H-pyrrole nitrogens is 1. The van der Waals surface area contributed by atoms with Crippen molar-refractivity contribution in [1.82, 2.24) is 23.7 Å². The number of benzene rings is 2. The predicted molar refractivity (Wildman–Crippen MR) is 166 cm³/mol. The predicted octanol–water partition coefficient (Wildman–Crippen LogP) is 3.80. The molecule has 0 atom stereocenters. The summed E-state index contributed by atoms with van der Waals surface area (Å²) in [6.45, 7) is 6.30. The Bertz CT molecular complexity index is 1780. The molecule has 1 saturated heterocycles. The van der Waals surface area contributed by atoms with E-state index in [-0.39, 0.29) is 36.0 Å². The lowest BCUT2D eigenvalue weighted by atomic mass is 10.1. The van der Waals surface area contributed by atoms with Crippen molar-refractivity contribution in [2.75, 3.05) is 45.9 Å². The van der Waals surface area contributed by atoms with Gasteiger partial charge >= 0.3 is 6.16 Å². The van der Waals surface area contributed by atoms with Crippen molar-refractivity contribution in [2.24, 2.45) is 7.05 Å². The van der Waals surface area contributed by atoms with Gasteiger partial charge < -0.3 is 23.8 Å². The molecule has 2 aromatic heterocycles. The number of ether oxygens (including phenoxy) is 3. The molecule has 0 aliphatic carbocycles. The minimum atomic E-state index is -3.86. The minimum absolute atomic E-state index is 0.0842. The Labute approximate surface area is 256 Å². The van der Waals surface area contributed by atoms with Crippen LogP contribution in [-0.4, -0.2) is 84.3 Å². The summed E-state index contributed by atoms with van der Waals surface area (Å²) < 4.78 is 46.8. The molecule has 0 saturated carbocycles. The van der Waals surface area contributed by atoms with E-state index >= 15 is 0 Å². The van der Waals surface area contributed by atoms with Crippen LogP contribution < -0.4 is 15.0 Å². The average molecular weight is 624 g/mol. The standard InChI is InChI=1S/C31H37N5O7S/c1-4-9-22-21-34(3)28-27(22)32-29(33-30(28)37)25-20-24(12-13-26(25)41-5-2)44(39,40)36-16-14-35(15-17-36)18-19-42-31(38)43-23-10-7-6-8-11-23/h6-8,10-13,20-21H,4-5,9,14-19H2,1-3H3,(H,32,33,37). The molecule has 0 radical (unpaired) electrons. The molecule has 1 fully saturated rings. The SMILES string of the molecule is CCCc1cn(C)c2c(=O)[nH]c(-c3cc(S(=O)(=O)N4CCN(CCOC(=O)Oc5ccccc5)CC4)ccc3OCC)nc12. The molecule has 1 N–H and O–H groups in total. The first-order chi connectivity index (χ1) is 21.2. The number of aryl methyl sites for hydroxylation is 2. The van der Waals surface area contributed by atoms with Crippen LogP contribution in [0.2, 0.25) is 0 Å². The summed E-state index contributed by atoms with van der Waals surface area (Å²) in [5.41, 5.74) is 2.11. The van der Waals surface area contributed by atoms with Crippen molar-refractivity contribution in [3.05, 3.63) is 70.6 Å². The van der Waals surface area contributed by atoms with Gasteiger partial charge in [0.1, 0.15) is 29.4 Å². The molecule has 1 aliphatic heterocycles. The Morgan fingerprint density at radius 3 is 2.50 bits per heavy atom. The number of rotatable bonds is 11. The zero-order chi connectivity index (χ0) is 31.3. The smallest absolute Gasteiger partial charge is 0.493 e. The molecule has 4 aromatic rings. The number of carbonyl (C=O) groups is 1. The van der Waals surface area contributed by atoms with E-state index < -0.39 is 16.2 Å². The van der Waals surface area contributed by atoms with Crippen LogP contribution in [0.4, 0.5) is 4.79 Å². The second-order valence-corrected chi connectivity index (χ2v) is 12.4. The summed E-state index contributed by atoms with van der Waals surface area (Å²) in [7, 11) is -2.05. The average Bonchev–Trinajstić information content (AvgIpc) is 3.33. The van der Waals surface area contributed by atoms with Gasteiger partial charge in [-0.3, -0.25) is 9.69 Å². The summed E-state index contributed by atoms with van der Waals surface area (Å²) >= 11 is 0. The summed E-state index contributed by atoms with van der Waals surface area (Å²) in [5, 5.41) is 0. The van der Waals surface area contributed by atoms with Gasteiger partial charge in [-0.15, -0.1) is 0 Å². The Balaban J connectivity index is 1.29. The maximum atomic E-state index is 13.7. The second kappa shape index (κ2) is 13.6. The third kappa shape index (κ3) is 6.79. The number of nitrogens with one attached hydrogen (secondary N) is 1. The van der Waals surface area contributed by atoms with Crippen LogP contribution in [0.25, 0.3) is 22.4 Å². The van der Waals surface area contributed by atoms with Crippen LogP contribution in [0.3, 0.4) is 0 Å². The highest BCUT2D eigenvalue weighted by molar-refractivity contribution is 7.89.